The van der Waals surface area contributed by atoms with Gasteiger partial charge in [-0.25, -0.2) is 0 Å². The Bertz CT molecular complexity index is 284. The Morgan fingerprint density at radius 1 is 1.67 bits per heavy atom. The van der Waals surface area contributed by atoms with Crippen LogP contribution < -0.4 is 5.32 Å². The second-order valence-corrected chi connectivity index (χ2v) is 2.53. The van der Waals surface area contributed by atoms with Gasteiger partial charge in [0.1, 0.15) is 5.69 Å². The number of hydrogen-bond donors (Lipinski definition) is 1. The highest BCUT2D eigenvalue weighted by Gasteiger charge is 2.07. The largest absolute Gasteiger partial charge is 0.351 e. The fourth-order valence-corrected chi connectivity index (χ4v) is 0.968. The highest BCUT2D eigenvalue weighted by molar-refractivity contribution is 5.93. The molecule has 0 fully saturated rings. The molecular formula is C9H12N2O. The summed E-state index contributed by atoms with van der Waals surface area (Å²) >= 11 is 0. The zero-order valence-electron chi connectivity index (χ0n) is 7.29. The molecule has 0 saturated heterocycles. The summed E-state index contributed by atoms with van der Waals surface area (Å²) in [5, 5.41) is 2.70. The number of aryl methyl sites for hydroxylation is 1. The quantitative estimate of drug-likeness (QED) is 0.712. The van der Waals surface area contributed by atoms with Gasteiger partial charge in [-0.15, -0.1) is 0 Å². The molecule has 1 rings (SSSR count). The Balaban J connectivity index is 2.87. The number of rotatable bonds is 2. The van der Waals surface area contributed by atoms with Crippen LogP contribution in [-0.2, 0) is 0 Å². The van der Waals surface area contributed by atoms with Crippen LogP contribution in [-0.4, -0.2) is 17.4 Å². The molecule has 0 unspecified atom stereocenters. The predicted molar refractivity (Wildman–Crippen MR) is 47.0 cm³/mol. The molecule has 1 heterocycles. The maximum absolute atomic E-state index is 11.3. The van der Waals surface area contributed by atoms with Crippen LogP contribution >= 0.6 is 0 Å². The van der Waals surface area contributed by atoms with Crippen molar-refractivity contribution in [3.8, 4) is 0 Å². The number of carbonyl (C=O) groups excluding carboxylic acids is 1. The molecule has 0 aliphatic rings. The molecule has 12 heavy (non-hydrogen) atoms. The number of hydrogen-bond acceptors (Lipinski definition) is 2. The summed E-state index contributed by atoms with van der Waals surface area (Å²) < 4.78 is 0. The zero-order valence-corrected chi connectivity index (χ0v) is 7.29. The van der Waals surface area contributed by atoms with Gasteiger partial charge in [0.25, 0.3) is 5.91 Å². The van der Waals surface area contributed by atoms with Crippen LogP contribution in [0.15, 0.2) is 18.3 Å². The molecule has 3 heteroatoms. The molecule has 1 aromatic rings. The second kappa shape index (κ2) is 3.85. The molecule has 0 aliphatic carbocycles. The van der Waals surface area contributed by atoms with E-state index in [1.165, 1.54) is 0 Å². The molecule has 0 aromatic carbocycles. The lowest BCUT2D eigenvalue weighted by atomic mass is 10.2. The van der Waals surface area contributed by atoms with E-state index in [2.05, 4.69) is 10.3 Å². The molecule has 1 amide bonds. The molecule has 1 N–H and O–H groups in total. The summed E-state index contributed by atoms with van der Waals surface area (Å²) in [6.07, 6.45) is 1.62. The third kappa shape index (κ3) is 1.81. The number of nitrogens with zero attached hydrogens (tertiary/aromatic N) is 1. The number of amides is 1. The van der Waals surface area contributed by atoms with Crippen LogP contribution in [0, 0.1) is 6.92 Å². The van der Waals surface area contributed by atoms with Crippen molar-refractivity contribution in [3.63, 3.8) is 0 Å². The molecule has 0 atom stereocenters. The Morgan fingerprint density at radius 3 is 3.00 bits per heavy atom. The van der Waals surface area contributed by atoms with Crippen LogP contribution in [0.25, 0.3) is 0 Å². The summed E-state index contributed by atoms with van der Waals surface area (Å²) in [5.41, 5.74) is 1.42. The van der Waals surface area contributed by atoms with E-state index < -0.39 is 0 Å². The summed E-state index contributed by atoms with van der Waals surface area (Å²) in [4.78, 5) is 15.3. The normalized spacial score (nSPS) is 9.50. The van der Waals surface area contributed by atoms with Crippen molar-refractivity contribution < 1.29 is 4.79 Å². The minimum atomic E-state index is -0.101. The lowest BCUT2D eigenvalue weighted by Gasteiger charge is -2.02. The number of nitrogens with one attached hydrogen (secondary N) is 1. The van der Waals surface area contributed by atoms with Gasteiger partial charge in [-0.05, 0) is 25.5 Å². The molecule has 3 nitrogen and oxygen atoms in total. The lowest BCUT2D eigenvalue weighted by Crippen LogP contribution is -2.24. The molecule has 0 spiro atoms. The molecule has 1 aromatic heterocycles. The molecule has 0 saturated carbocycles. The predicted octanol–water partition coefficient (Wildman–Crippen LogP) is 1.14. The van der Waals surface area contributed by atoms with Gasteiger partial charge in [-0.2, -0.15) is 0 Å². The van der Waals surface area contributed by atoms with Crippen LogP contribution in [0.3, 0.4) is 0 Å². The summed E-state index contributed by atoms with van der Waals surface area (Å²) in [6.45, 7) is 4.39. The third-order valence-electron chi connectivity index (χ3n) is 1.56. The van der Waals surface area contributed by atoms with Gasteiger partial charge in [0.2, 0.25) is 0 Å². The van der Waals surface area contributed by atoms with Crippen molar-refractivity contribution in [1.82, 2.24) is 10.3 Å². The Morgan fingerprint density at radius 2 is 2.42 bits per heavy atom. The lowest BCUT2D eigenvalue weighted by molar-refractivity contribution is 0.0950. The van der Waals surface area contributed by atoms with Crippen molar-refractivity contribution in [1.29, 1.82) is 0 Å². The van der Waals surface area contributed by atoms with Crippen molar-refractivity contribution in [2.75, 3.05) is 6.54 Å². The SMILES string of the molecule is CCNC(=O)c1ncccc1C. The van der Waals surface area contributed by atoms with Crippen molar-refractivity contribution in [2.24, 2.45) is 0 Å². The first kappa shape index (κ1) is 8.71. The van der Waals surface area contributed by atoms with E-state index in [4.69, 9.17) is 0 Å². The minimum absolute atomic E-state index is 0.101. The number of carbonyl (C=O) groups is 1. The van der Waals surface area contributed by atoms with E-state index in [1.807, 2.05) is 26.0 Å². The summed E-state index contributed by atoms with van der Waals surface area (Å²) in [5.74, 6) is -0.101. The fourth-order valence-electron chi connectivity index (χ4n) is 0.968. The van der Waals surface area contributed by atoms with Crippen LogP contribution in [0.1, 0.15) is 23.0 Å². The maximum Gasteiger partial charge on any atom is 0.270 e. The van der Waals surface area contributed by atoms with Gasteiger partial charge in [-0.3, -0.25) is 9.78 Å². The molecule has 64 valence electrons. The fraction of sp³-hybridized carbons (Fsp3) is 0.333. The Labute approximate surface area is 71.8 Å². The van der Waals surface area contributed by atoms with Gasteiger partial charge in [0, 0.05) is 12.7 Å². The van der Waals surface area contributed by atoms with Gasteiger partial charge in [0.05, 0.1) is 0 Å². The van der Waals surface area contributed by atoms with E-state index in [9.17, 15) is 4.79 Å². The van der Waals surface area contributed by atoms with Gasteiger partial charge >= 0.3 is 0 Å². The smallest absolute Gasteiger partial charge is 0.270 e. The zero-order chi connectivity index (χ0) is 8.97. The third-order valence-corrected chi connectivity index (χ3v) is 1.56. The first-order valence-corrected chi connectivity index (χ1v) is 3.95. The monoisotopic (exact) mass is 164 g/mol. The summed E-state index contributed by atoms with van der Waals surface area (Å²) in [7, 11) is 0. The highest BCUT2D eigenvalue weighted by Crippen LogP contribution is 2.01. The van der Waals surface area contributed by atoms with Crippen molar-refractivity contribution in [2.45, 2.75) is 13.8 Å². The Kier molecular flexibility index (Phi) is 2.80. The van der Waals surface area contributed by atoms with E-state index in [1.54, 1.807) is 6.20 Å². The average Bonchev–Trinajstić information content (AvgIpc) is 2.05. The van der Waals surface area contributed by atoms with Crippen molar-refractivity contribution >= 4 is 5.91 Å². The maximum atomic E-state index is 11.3. The van der Waals surface area contributed by atoms with Gasteiger partial charge in [-0.1, -0.05) is 6.07 Å². The number of aromatic nitrogens is 1. The van der Waals surface area contributed by atoms with E-state index in [0.29, 0.717) is 12.2 Å². The highest BCUT2D eigenvalue weighted by atomic mass is 16.1. The second-order valence-electron chi connectivity index (χ2n) is 2.53. The van der Waals surface area contributed by atoms with Crippen LogP contribution in [0.5, 0.6) is 0 Å². The molecule has 0 aliphatic heterocycles. The van der Waals surface area contributed by atoms with E-state index in [0.717, 1.165) is 5.56 Å². The number of pyridine rings is 1. The van der Waals surface area contributed by atoms with Crippen LogP contribution in [0.4, 0.5) is 0 Å². The van der Waals surface area contributed by atoms with Crippen LogP contribution in [0.2, 0.25) is 0 Å². The summed E-state index contributed by atoms with van der Waals surface area (Å²) in [6, 6.07) is 3.69. The van der Waals surface area contributed by atoms with E-state index in [-0.39, 0.29) is 5.91 Å². The minimum Gasteiger partial charge on any atom is -0.351 e. The molecule has 0 bridgehead atoms. The first-order chi connectivity index (χ1) is 5.75. The van der Waals surface area contributed by atoms with Gasteiger partial charge in [0.15, 0.2) is 0 Å². The topological polar surface area (TPSA) is 42.0 Å². The Hall–Kier alpha value is -1.38. The first-order valence-electron chi connectivity index (χ1n) is 3.95. The van der Waals surface area contributed by atoms with Gasteiger partial charge < -0.3 is 5.32 Å². The average molecular weight is 164 g/mol. The van der Waals surface area contributed by atoms with Crippen molar-refractivity contribution in [3.05, 3.63) is 29.6 Å². The van der Waals surface area contributed by atoms with E-state index >= 15 is 0 Å². The molecular weight excluding hydrogens is 152 g/mol. The molecule has 0 radical (unpaired) electrons. The standard InChI is InChI=1S/C9H12N2O/c1-3-10-9(12)8-7(2)5-4-6-11-8/h4-6H,3H2,1-2H3,(H,10,12).